The first kappa shape index (κ1) is 18.0. The van der Waals surface area contributed by atoms with Crippen LogP contribution in [-0.4, -0.2) is 45.8 Å². The van der Waals surface area contributed by atoms with Gasteiger partial charge in [0.05, 0.1) is 28.7 Å². The van der Waals surface area contributed by atoms with Crippen LogP contribution < -0.4 is 5.32 Å². The van der Waals surface area contributed by atoms with E-state index >= 15 is 0 Å². The van der Waals surface area contributed by atoms with Gasteiger partial charge in [-0.1, -0.05) is 6.07 Å². The molecule has 2 aromatic rings. The van der Waals surface area contributed by atoms with Gasteiger partial charge in [0.15, 0.2) is 0 Å². The van der Waals surface area contributed by atoms with Gasteiger partial charge in [-0.3, -0.25) is 4.79 Å². The molecule has 1 N–H and O–H groups in total. The van der Waals surface area contributed by atoms with Gasteiger partial charge in [0, 0.05) is 25.2 Å². The summed E-state index contributed by atoms with van der Waals surface area (Å²) in [5, 5.41) is 7.72. The molecule has 0 aliphatic carbocycles. The maximum absolute atomic E-state index is 13.0. The fourth-order valence-corrected chi connectivity index (χ4v) is 3.99. The maximum Gasteiger partial charge on any atom is 0.416 e. The Bertz CT molecular complexity index is 861. The van der Waals surface area contributed by atoms with Gasteiger partial charge in [-0.05, 0) is 44.4 Å². The van der Waals surface area contributed by atoms with Crippen LogP contribution in [0.15, 0.2) is 30.5 Å². The van der Waals surface area contributed by atoms with Crippen LogP contribution in [-0.2, 0) is 6.18 Å². The van der Waals surface area contributed by atoms with Crippen molar-refractivity contribution in [2.24, 2.45) is 0 Å². The summed E-state index contributed by atoms with van der Waals surface area (Å²) in [6, 6.07) is 5.76. The summed E-state index contributed by atoms with van der Waals surface area (Å²) in [6.45, 7) is 3.05. The molecule has 2 bridgehead atoms. The largest absolute Gasteiger partial charge is 0.416 e. The Morgan fingerprint density at radius 1 is 1.22 bits per heavy atom. The topological polar surface area (TPSA) is 50.2 Å². The third-order valence-corrected chi connectivity index (χ3v) is 5.47. The van der Waals surface area contributed by atoms with Crippen LogP contribution in [0, 0.1) is 6.92 Å². The molecular formula is C19H21F3N4O. The molecule has 0 spiro atoms. The van der Waals surface area contributed by atoms with Crippen LogP contribution in [0.3, 0.4) is 0 Å². The Balaban J connectivity index is 1.60. The molecule has 1 amide bonds. The molecule has 5 nitrogen and oxygen atoms in total. The monoisotopic (exact) mass is 378 g/mol. The fourth-order valence-electron chi connectivity index (χ4n) is 3.99. The van der Waals surface area contributed by atoms with Gasteiger partial charge in [-0.25, -0.2) is 4.68 Å². The molecule has 4 rings (SSSR count). The number of carbonyl (C=O) groups excluding carboxylic acids is 1. The Hall–Kier alpha value is -2.35. The van der Waals surface area contributed by atoms with Crippen LogP contribution in [0.1, 0.15) is 40.9 Å². The standard InChI is InChI=1S/C19H21F3N4O/c1-12-17(18(27)25-8-7-14-5-6-15(11-25)24-14)10-23-26(12)16-4-2-3-13(9-16)19(20,21)22/h2-4,9-10,14-15,24H,5-8,11H2,1H3. The first-order valence-electron chi connectivity index (χ1n) is 9.10. The van der Waals surface area contributed by atoms with E-state index in [1.165, 1.54) is 16.9 Å². The minimum absolute atomic E-state index is 0.111. The number of benzene rings is 1. The first-order valence-corrected chi connectivity index (χ1v) is 9.10. The highest BCUT2D eigenvalue weighted by molar-refractivity contribution is 5.95. The van der Waals surface area contributed by atoms with Crippen molar-refractivity contribution in [3.63, 3.8) is 0 Å². The normalized spacial score (nSPS) is 22.7. The van der Waals surface area contributed by atoms with Gasteiger partial charge in [-0.2, -0.15) is 18.3 Å². The molecule has 0 radical (unpaired) electrons. The van der Waals surface area contributed by atoms with Gasteiger partial charge in [0.25, 0.3) is 5.91 Å². The number of likely N-dealkylation sites (tertiary alicyclic amines) is 1. The Kier molecular flexibility index (Phi) is 4.46. The number of alkyl halides is 3. The van der Waals surface area contributed by atoms with Gasteiger partial charge in [0.2, 0.25) is 0 Å². The van der Waals surface area contributed by atoms with Crippen molar-refractivity contribution in [3.8, 4) is 5.69 Å². The predicted molar refractivity (Wildman–Crippen MR) is 93.8 cm³/mol. The van der Waals surface area contributed by atoms with E-state index in [1.54, 1.807) is 13.0 Å². The highest BCUT2D eigenvalue weighted by Gasteiger charge is 2.33. The number of fused-ring (bicyclic) bond motifs is 2. The van der Waals surface area contributed by atoms with E-state index in [0.29, 0.717) is 36.4 Å². The fraction of sp³-hybridized carbons (Fsp3) is 0.474. The van der Waals surface area contributed by atoms with Crippen molar-refractivity contribution in [2.45, 2.75) is 44.4 Å². The lowest BCUT2D eigenvalue weighted by Gasteiger charge is -2.24. The van der Waals surface area contributed by atoms with E-state index in [1.807, 2.05) is 4.90 Å². The molecule has 3 heterocycles. The highest BCUT2D eigenvalue weighted by Crippen LogP contribution is 2.30. The SMILES string of the molecule is Cc1c(C(=O)N2CCC3CCC(C2)N3)cnn1-c1cccc(C(F)(F)F)c1. The molecule has 0 saturated carbocycles. The van der Waals surface area contributed by atoms with Gasteiger partial charge in [0.1, 0.15) is 0 Å². The molecule has 2 fully saturated rings. The Morgan fingerprint density at radius 2 is 2.00 bits per heavy atom. The third kappa shape index (κ3) is 3.45. The molecule has 2 unspecified atom stereocenters. The molecule has 1 aromatic carbocycles. The number of amides is 1. The minimum atomic E-state index is -4.42. The van der Waals surface area contributed by atoms with Crippen LogP contribution in [0.5, 0.6) is 0 Å². The lowest BCUT2D eigenvalue weighted by atomic mass is 10.1. The summed E-state index contributed by atoms with van der Waals surface area (Å²) >= 11 is 0. The molecule has 2 atom stereocenters. The van der Waals surface area contributed by atoms with Gasteiger partial charge in [-0.15, -0.1) is 0 Å². The summed E-state index contributed by atoms with van der Waals surface area (Å²) in [7, 11) is 0. The van der Waals surface area contributed by atoms with Crippen LogP contribution in [0.25, 0.3) is 5.69 Å². The van der Waals surface area contributed by atoms with Crippen molar-refractivity contribution in [3.05, 3.63) is 47.3 Å². The summed E-state index contributed by atoms with van der Waals surface area (Å²) in [4.78, 5) is 14.8. The number of hydrogen-bond donors (Lipinski definition) is 1. The molecule has 27 heavy (non-hydrogen) atoms. The van der Waals surface area contributed by atoms with E-state index in [9.17, 15) is 18.0 Å². The summed E-state index contributed by atoms with van der Waals surface area (Å²) < 4.78 is 40.3. The van der Waals surface area contributed by atoms with E-state index < -0.39 is 11.7 Å². The van der Waals surface area contributed by atoms with E-state index in [2.05, 4.69) is 10.4 Å². The molecule has 1 aromatic heterocycles. The highest BCUT2D eigenvalue weighted by atomic mass is 19.4. The lowest BCUT2D eigenvalue weighted by molar-refractivity contribution is -0.137. The Morgan fingerprint density at radius 3 is 2.78 bits per heavy atom. The maximum atomic E-state index is 13.0. The number of carbonyl (C=O) groups is 1. The van der Waals surface area contributed by atoms with Gasteiger partial charge < -0.3 is 10.2 Å². The molecule has 2 aliphatic rings. The Labute approximate surface area is 155 Å². The van der Waals surface area contributed by atoms with Crippen molar-refractivity contribution in [1.29, 1.82) is 0 Å². The van der Waals surface area contributed by atoms with E-state index in [4.69, 9.17) is 0 Å². The molecule has 8 heteroatoms. The molecule has 144 valence electrons. The molecular weight excluding hydrogens is 357 g/mol. The van der Waals surface area contributed by atoms with Crippen molar-refractivity contribution in [1.82, 2.24) is 20.0 Å². The molecule has 2 aliphatic heterocycles. The van der Waals surface area contributed by atoms with Gasteiger partial charge >= 0.3 is 6.18 Å². The lowest BCUT2D eigenvalue weighted by Crippen LogP contribution is -2.39. The smallest absolute Gasteiger partial charge is 0.337 e. The van der Waals surface area contributed by atoms with Crippen molar-refractivity contribution >= 4 is 5.91 Å². The number of nitrogens with one attached hydrogen (secondary N) is 1. The number of halogens is 3. The first-order chi connectivity index (χ1) is 12.8. The number of nitrogens with zero attached hydrogens (tertiary/aromatic N) is 3. The zero-order valence-corrected chi connectivity index (χ0v) is 15.0. The van der Waals surface area contributed by atoms with Crippen LogP contribution in [0.4, 0.5) is 13.2 Å². The predicted octanol–water partition coefficient (Wildman–Crippen LogP) is 3.17. The quantitative estimate of drug-likeness (QED) is 0.873. The zero-order valence-electron chi connectivity index (χ0n) is 15.0. The van der Waals surface area contributed by atoms with Crippen molar-refractivity contribution in [2.75, 3.05) is 13.1 Å². The summed E-state index contributed by atoms with van der Waals surface area (Å²) in [6.07, 6.45) is 0.168. The second-order valence-electron chi connectivity index (χ2n) is 7.28. The summed E-state index contributed by atoms with van der Waals surface area (Å²) in [5.74, 6) is -0.111. The number of rotatable bonds is 2. The number of hydrogen-bond acceptors (Lipinski definition) is 3. The van der Waals surface area contributed by atoms with E-state index in [-0.39, 0.29) is 11.6 Å². The average molecular weight is 378 g/mol. The molecule has 2 saturated heterocycles. The minimum Gasteiger partial charge on any atom is -0.337 e. The number of aromatic nitrogens is 2. The summed E-state index contributed by atoms with van der Waals surface area (Å²) in [5.41, 5.74) is 0.530. The van der Waals surface area contributed by atoms with Crippen molar-refractivity contribution < 1.29 is 18.0 Å². The second-order valence-corrected chi connectivity index (χ2v) is 7.28. The van der Waals surface area contributed by atoms with Crippen LogP contribution >= 0.6 is 0 Å². The van der Waals surface area contributed by atoms with E-state index in [0.717, 1.165) is 31.4 Å². The second kappa shape index (κ2) is 6.67. The zero-order chi connectivity index (χ0) is 19.2. The third-order valence-electron chi connectivity index (χ3n) is 5.47. The van der Waals surface area contributed by atoms with Crippen LogP contribution in [0.2, 0.25) is 0 Å². The average Bonchev–Trinajstić information content (AvgIpc) is 3.16.